The summed E-state index contributed by atoms with van der Waals surface area (Å²) in [6.45, 7) is 5.72. The van der Waals surface area contributed by atoms with E-state index in [1.165, 1.54) is 12.8 Å². The molecule has 32 heavy (non-hydrogen) atoms. The lowest BCUT2D eigenvalue weighted by Gasteiger charge is -2.26. The lowest BCUT2D eigenvalue weighted by molar-refractivity contribution is 0.0794. The maximum Gasteiger partial charge on any atom is 0.278 e. The Balaban J connectivity index is 1.51. The molecule has 1 aromatic carbocycles. The molecule has 166 valence electrons. The first-order valence-corrected chi connectivity index (χ1v) is 11.1. The number of aliphatic hydroxyl groups is 1. The summed E-state index contributed by atoms with van der Waals surface area (Å²) in [5.41, 5.74) is 1.53. The van der Waals surface area contributed by atoms with Crippen molar-refractivity contribution in [3.05, 3.63) is 54.4 Å². The van der Waals surface area contributed by atoms with E-state index in [1.54, 1.807) is 43.0 Å². The number of rotatable bonds is 4. The molecule has 1 aliphatic carbocycles. The van der Waals surface area contributed by atoms with Gasteiger partial charge in [-0.15, -0.1) is 0 Å². The number of hydrogen-bond acceptors (Lipinski definition) is 5. The SMILES string of the molecule is CC1CCC(n2cc3cc(NC(=O)c4ncn5cccnc45)c(C(C)(C)O)cc3n2)CC1. The summed E-state index contributed by atoms with van der Waals surface area (Å²) in [6.07, 6.45) is 11.7. The van der Waals surface area contributed by atoms with E-state index < -0.39 is 5.60 Å². The molecular formula is C24H28N6O2. The molecule has 0 spiro atoms. The summed E-state index contributed by atoms with van der Waals surface area (Å²) in [4.78, 5) is 21.5. The maximum atomic E-state index is 13.1. The van der Waals surface area contributed by atoms with E-state index in [2.05, 4.69) is 26.9 Å². The molecule has 0 atom stereocenters. The second kappa shape index (κ2) is 7.70. The molecule has 2 N–H and O–H groups in total. The number of carbonyl (C=O) groups is 1. The third-order valence-corrected chi connectivity index (χ3v) is 6.44. The molecular weight excluding hydrogens is 404 g/mol. The molecule has 4 aromatic rings. The molecule has 1 fully saturated rings. The number of nitrogens with zero attached hydrogens (tertiary/aromatic N) is 5. The number of benzene rings is 1. The monoisotopic (exact) mass is 432 g/mol. The van der Waals surface area contributed by atoms with Crippen LogP contribution in [0.25, 0.3) is 16.6 Å². The number of imidazole rings is 1. The van der Waals surface area contributed by atoms with Crippen LogP contribution in [0.3, 0.4) is 0 Å². The molecule has 3 heterocycles. The standard InChI is InChI=1S/C24H28N6O2/c1-15-5-7-17(8-6-15)30-13-16-11-20(18(24(2,3)32)12-19(16)28-30)27-23(31)21-22-25-9-4-10-29(22)14-26-21/h4,9-15,17,32H,5-8H2,1-3H3,(H,27,31). The Kier molecular flexibility index (Phi) is 4.97. The van der Waals surface area contributed by atoms with Crippen LogP contribution in [-0.2, 0) is 5.60 Å². The van der Waals surface area contributed by atoms with Gasteiger partial charge in [0.25, 0.3) is 5.91 Å². The van der Waals surface area contributed by atoms with E-state index in [0.29, 0.717) is 22.9 Å². The Morgan fingerprint density at radius 2 is 1.97 bits per heavy atom. The molecule has 8 heteroatoms. The number of nitrogens with one attached hydrogen (secondary N) is 1. The van der Waals surface area contributed by atoms with E-state index >= 15 is 0 Å². The normalized spacial score (nSPS) is 19.5. The maximum absolute atomic E-state index is 13.1. The molecule has 0 aliphatic heterocycles. The molecule has 0 radical (unpaired) electrons. The molecule has 1 saturated carbocycles. The van der Waals surface area contributed by atoms with Crippen molar-refractivity contribution in [2.75, 3.05) is 5.32 Å². The number of hydrogen-bond donors (Lipinski definition) is 2. The van der Waals surface area contributed by atoms with Gasteiger partial charge >= 0.3 is 0 Å². The molecule has 0 unspecified atom stereocenters. The van der Waals surface area contributed by atoms with Crippen LogP contribution >= 0.6 is 0 Å². The second-order valence-corrected chi connectivity index (χ2v) is 9.44. The fourth-order valence-electron chi connectivity index (χ4n) is 4.57. The topological polar surface area (TPSA) is 97.3 Å². The minimum Gasteiger partial charge on any atom is -0.386 e. The highest BCUT2D eigenvalue weighted by Crippen LogP contribution is 2.35. The highest BCUT2D eigenvalue weighted by Gasteiger charge is 2.26. The predicted octanol–water partition coefficient (Wildman–Crippen LogP) is 4.31. The number of anilines is 1. The van der Waals surface area contributed by atoms with Gasteiger partial charge in [0.15, 0.2) is 11.3 Å². The molecule has 3 aromatic heterocycles. The number of fused-ring (bicyclic) bond motifs is 2. The van der Waals surface area contributed by atoms with E-state index in [9.17, 15) is 9.90 Å². The minimum absolute atomic E-state index is 0.236. The van der Waals surface area contributed by atoms with Crippen molar-refractivity contribution in [3.8, 4) is 0 Å². The van der Waals surface area contributed by atoms with Crippen LogP contribution in [0.2, 0.25) is 0 Å². The van der Waals surface area contributed by atoms with Gasteiger partial charge in [-0.25, -0.2) is 9.97 Å². The highest BCUT2D eigenvalue weighted by atomic mass is 16.3. The Morgan fingerprint density at radius 1 is 1.19 bits per heavy atom. The summed E-state index contributed by atoms with van der Waals surface area (Å²) >= 11 is 0. The van der Waals surface area contributed by atoms with Crippen LogP contribution in [0.15, 0.2) is 43.1 Å². The van der Waals surface area contributed by atoms with Gasteiger partial charge in [-0.05, 0) is 63.6 Å². The van der Waals surface area contributed by atoms with Gasteiger partial charge in [0.05, 0.1) is 17.2 Å². The summed E-state index contributed by atoms with van der Waals surface area (Å²) in [5, 5.41) is 19.5. The van der Waals surface area contributed by atoms with Crippen molar-refractivity contribution in [2.24, 2.45) is 5.92 Å². The average molecular weight is 433 g/mol. The van der Waals surface area contributed by atoms with Crippen molar-refractivity contribution in [2.45, 2.75) is 58.1 Å². The zero-order valence-electron chi connectivity index (χ0n) is 18.6. The third kappa shape index (κ3) is 3.75. The first kappa shape index (κ1) is 20.6. The Bertz CT molecular complexity index is 1290. The van der Waals surface area contributed by atoms with Gasteiger partial charge in [-0.2, -0.15) is 5.10 Å². The third-order valence-electron chi connectivity index (χ3n) is 6.44. The number of carbonyl (C=O) groups excluding carboxylic acids is 1. The first-order chi connectivity index (χ1) is 15.3. The summed E-state index contributed by atoms with van der Waals surface area (Å²) < 4.78 is 3.76. The largest absolute Gasteiger partial charge is 0.386 e. The van der Waals surface area contributed by atoms with Crippen molar-refractivity contribution >= 4 is 28.1 Å². The number of aromatic nitrogens is 5. The smallest absolute Gasteiger partial charge is 0.278 e. The summed E-state index contributed by atoms with van der Waals surface area (Å²) in [7, 11) is 0. The number of amides is 1. The highest BCUT2D eigenvalue weighted by molar-refractivity contribution is 6.08. The first-order valence-electron chi connectivity index (χ1n) is 11.1. The molecule has 0 saturated heterocycles. The molecule has 0 bridgehead atoms. The average Bonchev–Trinajstić information content (AvgIpc) is 3.37. The summed E-state index contributed by atoms with van der Waals surface area (Å²) in [6, 6.07) is 5.93. The van der Waals surface area contributed by atoms with Crippen molar-refractivity contribution in [1.29, 1.82) is 0 Å². The molecule has 1 aliphatic rings. The van der Waals surface area contributed by atoms with Gasteiger partial charge in [0, 0.05) is 35.2 Å². The Hall–Kier alpha value is -3.26. The summed E-state index contributed by atoms with van der Waals surface area (Å²) in [5.74, 6) is 0.401. The molecule has 8 nitrogen and oxygen atoms in total. The van der Waals surface area contributed by atoms with Gasteiger partial charge in [0.2, 0.25) is 0 Å². The van der Waals surface area contributed by atoms with Gasteiger partial charge in [-0.3, -0.25) is 13.9 Å². The van der Waals surface area contributed by atoms with Crippen LogP contribution in [0, 0.1) is 5.92 Å². The van der Waals surface area contributed by atoms with Gasteiger partial charge < -0.3 is 10.4 Å². The zero-order valence-corrected chi connectivity index (χ0v) is 18.6. The van der Waals surface area contributed by atoms with Crippen molar-refractivity contribution in [3.63, 3.8) is 0 Å². The Morgan fingerprint density at radius 3 is 2.72 bits per heavy atom. The zero-order chi connectivity index (χ0) is 22.5. The van der Waals surface area contributed by atoms with Crippen LogP contribution in [0.1, 0.15) is 68.5 Å². The van der Waals surface area contributed by atoms with Crippen LogP contribution in [0.5, 0.6) is 0 Å². The fraction of sp³-hybridized carbons (Fsp3) is 0.417. The van der Waals surface area contributed by atoms with Gasteiger partial charge in [-0.1, -0.05) is 6.92 Å². The van der Waals surface area contributed by atoms with E-state index in [0.717, 1.165) is 29.7 Å². The van der Waals surface area contributed by atoms with Crippen molar-refractivity contribution < 1.29 is 9.90 Å². The van der Waals surface area contributed by atoms with E-state index in [1.807, 2.05) is 18.3 Å². The van der Waals surface area contributed by atoms with Crippen LogP contribution in [0.4, 0.5) is 5.69 Å². The van der Waals surface area contributed by atoms with E-state index in [-0.39, 0.29) is 11.6 Å². The second-order valence-electron chi connectivity index (χ2n) is 9.44. The lowest BCUT2D eigenvalue weighted by atomic mass is 9.87. The van der Waals surface area contributed by atoms with Crippen molar-refractivity contribution in [1.82, 2.24) is 24.1 Å². The van der Waals surface area contributed by atoms with Gasteiger partial charge in [0.1, 0.15) is 6.33 Å². The van der Waals surface area contributed by atoms with E-state index in [4.69, 9.17) is 5.10 Å². The van der Waals surface area contributed by atoms with Crippen LogP contribution in [-0.4, -0.2) is 35.2 Å². The molecule has 5 rings (SSSR count). The van der Waals surface area contributed by atoms with Crippen LogP contribution < -0.4 is 5.32 Å². The molecule has 1 amide bonds. The fourth-order valence-corrected chi connectivity index (χ4v) is 4.57. The minimum atomic E-state index is -1.16. The Labute approximate surface area is 186 Å². The predicted molar refractivity (Wildman–Crippen MR) is 123 cm³/mol. The quantitative estimate of drug-likeness (QED) is 0.501. The lowest BCUT2D eigenvalue weighted by Crippen LogP contribution is -2.21.